The van der Waals surface area contributed by atoms with E-state index < -0.39 is 21.9 Å². The standard InChI is InChI=1S/C24H20ClFN4O4S2/c25-21-7-8-22(35-21)36(33,34)28-24(32)27-16-3-6-20(19(26)14-16)30-12-9-15-13-17(29-10-1-2-11-29)4-5-18(15)23(30)31/h3-9,12-14H,1-2,10-11H2,(H2,27,28,32). The van der Waals surface area contributed by atoms with Crippen LogP contribution in [0.1, 0.15) is 12.8 Å². The molecule has 2 aromatic carbocycles. The summed E-state index contributed by atoms with van der Waals surface area (Å²) in [5.41, 5.74) is 0.689. The van der Waals surface area contributed by atoms with Crippen LogP contribution in [0.15, 0.2) is 69.8 Å². The van der Waals surface area contributed by atoms with E-state index in [1.807, 2.05) is 16.9 Å². The maximum atomic E-state index is 15.0. The van der Waals surface area contributed by atoms with E-state index in [-0.39, 0.29) is 25.5 Å². The highest BCUT2D eigenvalue weighted by Crippen LogP contribution is 2.26. The molecule has 0 spiro atoms. The molecule has 0 unspecified atom stereocenters. The van der Waals surface area contributed by atoms with E-state index in [2.05, 4.69) is 10.2 Å². The number of carbonyl (C=O) groups is 1. The molecule has 36 heavy (non-hydrogen) atoms. The third kappa shape index (κ3) is 4.81. The summed E-state index contributed by atoms with van der Waals surface area (Å²) >= 11 is 6.54. The zero-order chi connectivity index (χ0) is 25.4. The molecule has 1 fully saturated rings. The molecule has 0 radical (unpaired) electrons. The average molecular weight is 547 g/mol. The van der Waals surface area contributed by atoms with Crippen LogP contribution in [0.3, 0.4) is 0 Å². The van der Waals surface area contributed by atoms with Gasteiger partial charge >= 0.3 is 6.03 Å². The first-order valence-electron chi connectivity index (χ1n) is 11.0. The van der Waals surface area contributed by atoms with Gasteiger partial charge in [0.05, 0.1) is 10.0 Å². The lowest BCUT2D eigenvalue weighted by Crippen LogP contribution is -2.34. The summed E-state index contributed by atoms with van der Waals surface area (Å²) in [6, 6.07) is 12.7. The summed E-state index contributed by atoms with van der Waals surface area (Å²) in [5, 5.41) is 3.51. The van der Waals surface area contributed by atoms with Crippen molar-refractivity contribution in [1.29, 1.82) is 0 Å². The Morgan fingerprint density at radius 2 is 1.81 bits per heavy atom. The molecular weight excluding hydrogens is 527 g/mol. The van der Waals surface area contributed by atoms with Gasteiger partial charge in [0.15, 0.2) is 0 Å². The van der Waals surface area contributed by atoms with Gasteiger partial charge in [0, 0.05) is 36.0 Å². The van der Waals surface area contributed by atoms with E-state index in [1.165, 1.54) is 35.0 Å². The number of rotatable bonds is 5. The number of hydrogen-bond donors (Lipinski definition) is 2. The number of nitrogens with one attached hydrogen (secondary N) is 2. The van der Waals surface area contributed by atoms with Crippen LogP contribution >= 0.6 is 22.9 Å². The van der Waals surface area contributed by atoms with Crippen LogP contribution in [0.25, 0.3) is 16.5 Å². The minimum atomic E-state index is -4.13. The van der Waals surface area contributed by atoms with Crippen molar-refractivity contribution in [2.75, 3.05) is 23.3 Å². The zero-order valence-corrected chi connectivity index (χ0v) is 21.1. The molecule has 0 aliphatic carbocycles. The summed E-state index contributed by atoms with van der Waals surface area (Å²) in [5.74, 6) is -0.768. The Kier molecular flexibility index (Phi) is 6.45. The average Bonchev–Trinajstić information content (AvgIpc) is 3.52. The minimum Gasteiger partial charge on any atom is -0.372 e. The van der Waals surface area contributed by atoms with Crippen LogP contribution in [-0.2, 0) is 10.0 Å². The van der Waals surface area contributed by atoms with Gasteiger partial charge in [-0.15, -0.1) is 11.3 Å². The molecule has 1 aliphatic heterocycles. The number of hydrogen-bond acceptors (Lipinski definition) is 6. The van der Waals surface area contributed by atoms with Crippen molar-refractivity contribution in [3.8, 4) is 5.69 Å². The number of carbonyl (C=O) groups excluding carboxylic acids is 1. The SMILES string of the molecule is O=C(Nc1ccc(-n2ccc3cc(N4CCCC4)ccc3c2=O)c(F)c1)NS(=O)(=O)c1ccc(Cl)s1. The van der Waals surface area contributed by atoms with Gasteiger partial charge in [0.25, 0.3) is 15.6 Å². The molecule has 2 N–H and O–H groups in total. The maximum Gasteiger partial charge on any atom is 0.333 e. The lowest BCUT2D eigenvalue weighted by molar-refractivity contribution is 0.256. The first-order valence-corrected chi connectivity index (χ1v) is 13.7. The van der Waals surface area contributed by atoms with Crippen LogP contribution in [-0.4, -0.2) is 32.1 Å². The van der Waals surface area contributed by atoms with E-state index in [0.717, 1.165) is 54.4 Å². The third-order valence-electron chi connectivity index (χ3n) is 5.86. The van der Waals surface area contributed by atoms with Crippen LogP contribution in [0.4, 0.5) is 20.6 Å². The Labute approximate surface area is 215 Å². The molecule has 12 heteroatoms. The predicted octanol–water partition coefficient (Wildman–Crippen LogP) is 4.96. The summed E-state index contributed by atoms with van der Waals surface area (Å²) in [4.78, 5) is 27.6. The van der Waals surface area contributed by atoms with Crippen molar-refractivity contribution in [3.05, 3.63) is 81.3 Å². The van der Waals surface area contributed by atoms with Gasteiger partial charge in [-0.2, -0.15) is 0 Å². The van der Waals surface area contributed by atoms with Crippen molar-refractivity contribution in [1.82, 2.24) is 9.29 Å². The highest BCUT2D eigenvalue weighted by atomic mass is 35.5. The van der Waals surface area contributed by atoms with Crippen molar-refractivity contribution >= 4 is 61.1 Å². The first-order chi connectivity index (χ1) is 17.2. The molecule has 0 saturated carbocycles. The molecule has 1 saturated heterocycles. The number of anilines is 2. The molecule has 1 aliphatic rings. The molecule has 2 aromatic heterocycles. The molecule has 0 bridgehead atoms. The monoisotopic (exact) mass is 546 g/mol. The molecule has 4 aromatic rings. The van der Waals surface area contributed by atoms with Crippen molar-refractivity contribution < 1.29 is 17.6 Å². The molecule has 3 heterocycles. The van der Waals surface area contributed by atoms with E-state index in [0.29, 0.717) is 5.39 Å². The fourth-order valence-electron chi connectivity index (χ4n) is 4.15. The molecule has 8 nitrogen and oxygen atoms in total. The van der Waals surface area contributed by atoms with Crippen molar-refractivity contribution in [3.63, 3.8) is 0 Å². The number of pyridine rings is 1. The summed E-state index contributed by atoms with van der Waals surface area (Å²) < 4.78 is 42.7. The van der Waals surface area contributed by atoms with Crippen molar-refractivity contribution in [2.24, 2.45) is 0 Å². The Balaban J connectivity index is 1.36. The number of aromatic nitrogens is 1. The normalized spacial score (nSPS) is 13.8. The number of amides is 2. The van der Waals surface area contributed by atoms with Crippen LogP contribution in [0, 0.1) is 5.82 Å². The summed E-state index contributed by atoms with van der Waals surface area (Å²) in [6.45, 7) is 1.97. The molecule has 186 valence electrons. The second-order valence-electron chi connectivity index (χ2n) is 8.24. The van der Waals surface area contributed by atoms with Gasteiger partial charge in [-0.25, -0.2) is 22.3 Å². The molecular formula is C24H20ClFN4O4S2. The van der Waals surface area contributed by atoms with Crippen molar-refractivity contribution in [2.45, 2.75) is 17.1 Å². The maximum absolute atomic E-state index is 15.0. The number of fused-ring (bicyclic) bond motifs is 1. The number of thiophene rings is 1. The number of nitrogens with zero attached hydrogens (tertiary/aromatic N) is 2. The molecule has 2 amide bonds. The Hall–Kier alpha value is -3.41. The lowest BCUT2D eigenvalue weighted by Gasteiger charge is -2.18. The Morgan fingerprint density at radius 3 is 2.50 bits per heavy atom. The quantitative estimate of drug-likeness (QED) is 0.369. The number of benzene rings is 2. The Morgan fingerprint density at radius 1 is 1.03 bits per heavy atom. The number of urea groups is 1. The van der Waals surface area contributed by atoms with Crippen LogP contribution in [0.5, 0.6) is 0 Å². The highest BCUT2D eigenvalue weighted by molar-refractivity contribution is 7.92. The topological polar surface area (TPSA) is 101 Å². The van der Waals surface area contributed by atoms with Gasteiger partial charge < -0.3 is 10.2 Å². The van der Waals surface area contributed by atoms with E-state index in [9.17, 15) is 22.4 Å². The second kappa shape index (κ2) is 9.57. The van der Waals surface area contributed by atoms with Gasteiger partial charge in [-0.1, -0.05) is 11.6 Å². The number of sulfonamides is 1. The fourth-order valence-corrected chi connectivity index (χ4v) is 6.54. The van der Waals surface area contributed by atoms with Gasteiger partial charge in [-0.3, -0.25) is 9.36 Å². The van der Waals surface area contributed by atoms with Crippen LogP contribution in [0.2, 0.25) is 4.34 Å². The van der Waals surface area contributed by atoms with Crippen LogP contribution < -0.4 is 20.5 Å². The molecule has 0 atom stereocenters. The largest absolute Gasteiger partial charge is 0.372 e. The lowest BCUT2D eigenvalue weighted by atomic mass is 10.1. The van der Waals surface area contributed by atoms with Gasteiger partial charge in [-0.05, 0) is 72.8 Å². The summed E-state index contributed by atoms with van der Waals surface area (Å²) in [7, 11) is -4.13. The minimum absolute atomic E-state index is 0.00248. The first kappa shape index (κ1) is 24.3. The van der Waals surface area contributed by atoms with E-state index in [1.54, 1.807) is 12.1 Å². The molecule has 5 rings (SSSR count). The fraction of sp³-hybridized carbons (Fsp3) is 0.167. The van der Waals surface area contributed by atoms with E-state index >= 15 is 0 Å². The highest BCUT2D eigenvalue weighted by Gasteiger charge is 2.20. The van der Waals surface area contributed by atoms with Gasteiger partial charge in [0.2, 0.25) is 0 Å². The van der Waals surface area contributed by atoms with E-state index in [4.69, 9.17) is 11.6 Å². The third-order valence-corrected chi connectivity index (χ3v) is 8.92. The zero-order valence-electron chi connectivity index (χ0n) is 18.7. The summed E-state index contributed by atoms with van der Waals surface area (Å²) in [6.07, 6.45) is 3.80. The van der Waals surface area contributed by atoms with Gasteiger partial charge in [0.1, 0.15) is 10.0 Å². The predicted molar refractivity (Wildman–Crippen MR) is 140 cm³/mol. The number of halogens is 2. The Bertz CT molecular complexity index is 1650. The smallest absolute Gasteiger partial charge is 0.333 e. The second-order valence-corrected chi connectivity index (χ2v) is 11.9.